The van der Waals surface area contributed by atoms with Crippen LogP contribution in [0.15, 0.2) is 24.3 Å². The fourth-order valence-corrected chi connectivity index (χ4v) is 3.64. The van der Waals surface area contributed by atoms with Crippen LogP contribution in [0, 0.1) is 13.8 Å². The van der Waals surface area contributed by atoms with Crippen LogP contribution < -0.4 is 16.0 Å². The Kier molecular flexibility index (Phi) is 7.66. The minimum absolute atomic E-state index is 0.188. The molecule has 2 heterocycles. The van der Waals surface area contributed by atoms with E-state index >= 15 is 0 Å². The summed E-state index contributed by atoms with van der Waals surface area (Å²) >= 11 is 5.99. The number of hydrogen-bond acceptors (Lipinski definition) is 5. The number of aromatic nitrogens is 2. The van der Waals surface area contributed by atoms with Gasteiger partial charge in [-0.3, -0.25) is 0 Å². The molecule has 8 heteroatoms. The molecule has 0 saturated carbocycles. The quantitative estimate of drug-likeness (QED) is 0.436. The lowest BCUT2D eigenvalue weighted by molar-refractivity contribution is 0.251. The van der Waals surface area contributed by atoms with Crippen LogP contribution in [0.25, 0.3) is 0 Å². The van der Waals surface area contributed by atoms with E-state index in [1.54, 1.807) is 13.0 Å². The Morgan fingerprint density at radius 1 is 1.14 bits per heavy atom. The fourth-order valence-electron chi connectivity index (χ4n) is 3.41. The maximum absolute atomic E-state index is 12.3. The molecular formula is C21H29ClN6O. The molecule has 156 valence electrons. The molecule has 1 saturated heterocycles. The first-order valence-corrected chi connectivity index (χ1v) is 10.5. The Balaban J connectivity index is 1.47. The van der Waals surface area contributed by atoms with E-state index in [1.807, 2.05) is 25.1 Å². The zero-order chi connectivity index (χ0) is 20.6. The first-order chi connectivity index (χ1) is 14.0. The summed E-state index contributed by atoms with van der Waals surface area (Å²) in [5.74, 6) is 1.20. The predicted molar refractivity (Wildman–Crippen MR) is 118 cm³/mol. The molecule has 2 aromatic rings. The lowest BCUT2D eigenvalue weighted by atomic mass is 10.2. The Labute approximate surface area is 177 Å². The summed E-state index contributed by atoms with van der Waals surface area (Å²) in [4.78, 5) is 23.1. The largest absolute Gasteiger partial charge is 0.340 e. The molecule has 7 nitrogen and oxygen atoms in total. The van der Waals surface area contributed by atoms with Crippen LogP contribution in [0.5, 0.6) is 0 Å². The highest BCUT2D eigenvalue weighted by Crippen LogP contribution is 2.23. The molecule has 0 unspecified atom stereocenters. The van der Waals surface area contributed by atoms with E-state index in [4.69, 9.17) is 11.6 Å². The van der Waals surface area contributed by atoms with Crippen molar-refractivity contribution in [3.8, 4) is 0 Å². The van der Waals surface area contributed by atoms with Gasteiger partial charge in [0.1, 0.15) is 16.8 Å². The van der Waals surface area contributed by atoms with Crippen LogP contribution >= 0.6 is 11.6 Å². The van der Waals surface area contributed by atoms with Gasteiger partial charge in [-0.2, -0.15) is 0 Å². The van der Waals surface area contributed by atoms with Crippen molar-refractivity contribution in [3.05, 3.63) is 40.8 Å². The second-order valence-electron chi connectivity index (χ2n) is 7.41. The molecule has 1 aromatic carbocycles. The van der Waals surface area contributed by atoms with Crippen LogP contribution in [0.4, 0.5) is 22.0 Å². The monoisotopic (exact) mass is 416 g/mol. The topological polar surface area (TPSA) is 82.2 Å². The molecule has 2 amide bonds. The molecular weight excluding hydrogens is 388 g/mol. The first kappa shape index (κ1) is 21.3. The molecule has 1 aliphatic rings. The van der Waals surface area contributed by atoms with Gasteiger partial charge in [0, 0.05) is 24.0 Å². The van der Waals surface area contributed by atoms with E-state index < -0.39 is 0 Å². The minimum Gasteiger partial charge on any atom is -0.340 e. The van der Waals surface area contributed by atoms with Gasteiger partial charge in [0.25, 0.3) is 0 Å². The van der Waals surface area contributed by atoms with Crippen LogP contribution in [-0.2, 0) is 0 Å². The Bertz CT molecular complexity index is 818. The van der Waals surface area contributed by atoms with Crippen molar-refractivity contribution >= 4 is 34.8 Å². The number of carbonyl (C=O) groups excluding carboxylic acids is 1. The molecule has 29 heavy (non-hydrogen) atoms. The summed E-state index contributed by atoms with van der Waals surface area (Å²) < 4.78 is 0. The second kappa shape index (κ2) is 10.4. The van der Waals surface area contributed by atoms with E-state index in [0.29, 0.717) is 23.3 Å². The SMILES string of the molecule is Cc1nc(Cl)cc(Nc2ccc(C)c(NC(=O)NCCCCN3CCCC3)c2)n1. The third-order valence-electron chi connectivity index (χ3n) is 4.95. The van der Waals surface area contributed by atoms with Gasteiger partial charge in [0.15, 0.2) is 0 Å². The number of benzene rings is 1. The van der Waals surface area contributed by atoms with Gasteiger partial charge in [-0.15, -0.1) is 0 Å². The van der Waals surface area contributed by atoms with Crippen LogP contribution in [0.3, 0.4) is 0 Å². The second-order valence-corrected chi connectivity index (χ2v) is 7.80. The number of aryl methyl sites for hydroxylation is 2. The zero-order valence-corrected chi connectivity index (χ0v) is 17.9. The standard InChI is InChI=1S/C21H29ClN6O/c1-15-7-8-17(26-20-14-19(22)24-16(2)25-20)13-18(15)27-21(29)23-9-3-4-10-28-11-5-6-12-28/h7-8,13-14H,3-6,9-12H2,1-2H3,(H2,23,27,29)(H,24,25,26). The first-order valence-electron chi connectivity index (χ1n) is 10.2. The molecule has 0 atom stereocenters. The summed E-state index contributed by atoms with van der Waals surface area (Å²) in [6.07, 6.45) is 4.73. The van der Waals surface area contributed by atoms with Crippen molar-refractivity contribution in [1.82, 2.24) is 20.2 Å². The number of carbonyl (C=O) groups is 1. The lowest BCUT2D eigenvalue weighted by Gasteiger charge is -2.15. The average molecular weight is 417 g/mol. The zero-order valence-electron chi connectivity index (χ0n) is 17.1. The third-order valence-corrected chi connectivity index (χ3v) is 5.14. The molecule has 1 aromatic heterocycles. The number of halogens is 1. The van der Waals surface area contributed by atoms with Crippen molar-refractivity contribution in [2.24, 2.45) is 0 Å². The Morgan fingerprint density at radius 3 is 2.69 bits per heavy atom. The number of likely N-dealkylation sites (tertiary alicyclic amines) is 1. The van der Waals surface area contributed by atoms with E-state index in [-0.39, 0.29) is 6.03 Å². The Morgan fingerprint density at radius 2 is 1.93 bits per heavy atom. The van der Waals surface area contributed by atoms with Crippen molar-refractivity contribution in [2.45, 2.75) is 39.5 Å². The van der Waals surface area contributed by atoms with Crippen molar-refractivity contribution in [3.63, 3.8) is 0 Å². The van der Waals surface area contributed by atoms with Crippen molar-refractivity contribution in [2.75, 3.05) is 36.8 Å². The molecule has 3 N–H and O–H groups in total. The summed E-state index contributed by atoms with van der Waals surface area (Å²) in [5, 5.41) is 9.46. The number of hydrogen-bond donors (Lipinski definition) is 3. The third kappa shape index (κ3) is 6.87. The van der Waals surface area contributed by atoms with Gasteiger partial charge in [0.05, 0.1) is 0 Å². The van der Waals surface area contributed by atoms with E-state index in [2.05, 4.69) is 30.8 Å². The normalized spacial score (nSPS) is 14.0. The fraction of sp³-hybridized carbons (Fsp3) is 0.476. The molecule has 1 aliphatic heterocycles. The number of unbranched alkanes of at least 4 members (excludes halogenated alkanes) is 1. The summed E-state index contributed by atoms with van der Waals surface area (Å²) in [7, 11) is 0. The number of rotatable bonds is 8. The molecule has 0 radical (unpaired) electrons. The minimum atomic E-state index is -0.188. The van der Waals surface area contributed by atoms with E-state index in [9.17, 15) is 4.79 Å². The highest BCUT2D eigenvalue weighted by molar-refractivity contribution is 6.29. The van der Waals surface area contributed by atoms with Crippen LogP contribution in [0.2, 0.25) is 5.15 Å². The molecule has 0 spiro atoms. The van der Waals surface area contributed by atoms with Crippen molar-refractivity contribution in [1.29, 1.82) is 0 Å². The lowest BCUT2D eigenvalue weighted by Crippen LogP contribution is -2.30. The number of amides is 2. The van der Waals surface area contributed by atoms with E-state index in [0.717, 1.165) is 36.3 Å². The van der Waals surface area contributed by atoms with Crippen molar-refractivity contribution < 1.29 is 4.79 Å². The molecule has 0 aliphatic carbocycles. The van der Waals surface area contributed by atoms with Gasteiger partial charge >= 0.3 is 6.03 Å². The summed E-state index contributed by atoms with van der Waals surface area (Å²) in [6.45, 7) is 7.99. The predicted octanol–water partition coefficient (Wildman–Crippen LogP) is 4.49. The van der Waals surface area contributed by atoms with Gasteiger partial charge < -0.3 is 20.9 Å². The summed E-state index contributed by atoms with van der Waals surface area (Å²) in [5.41, 5.74) is 2.55. The molecule has 1 fully saturated rings. The van der Waals surface area contributed by atoms with E-state index in [1.165, 1.54) is 25.9 Å². The smallest absolute Gasteiger partial charge is 0.319 e. The van der Waals surface area contributed by atoms with Crippen LogP contribution in [0.1, 0.15) is 37.1 Å². The number of nitrogens with zero attached hydrogens (tertiary/aromatic N) is 3. The van der Waals surface area contributed by atoms with Gasteiger partial charge in [-0.05, 0) is 76.9 Å². The molecule has 0 bridgehead atoms. The maximum Gasteiger partial charge on any atom is 0.319 e. The summed E-state index contributed by atoms with van der Waals surface area (Å²) in [6, 6.07) is 7.24. The average Bonchev–Trinajstić information content (AvgIpc) is 3.17. The highest BCUT2D eigenvalue weighted by Gasteiger charge is 2.10. The number of nitrogens with one attached hydrogen (secondary N) is 3. The number of anilines is 3. The van der Waals surface area contributed by atoms with Gasteiger partial charge in [0.2, 0.25) is 0 Å². The Hall–Kier alpha value is -2.38. The maximum atomic E-state index is 12.3. The highest BCUT2D eigenvalue weighted by atomic mass is 35.5. The number of urea groups is 1. The van der Waals surface area contributed by atoms with Gasteiger partial charge in [-0.1, -0.05) is 17.7 Å². The molecule has 3 rings (SSSR count). The van der Waals surface area contributed by atoms with Gasteiger partial charge in [-0.25, -0.2) is 14.8 Å². The van der Waals surface area contributed by atoms with Crippen LogP contribution in [-0.4, -0.2) is 47.1 Å².